The quantitative estimate of drug-likeness (QED) is 0.722. The summed E-state index contributed by atoms with van der Waals surface area (Å²) in [4.78, 5) is 2.39. The van der Waals surface area contributed by atoms with Gasteiger partial charge < -0.3 is 15.3 Å². The summed E-state index contributed by atoms with van der Waals surface area (Å²) in [6.07, 6.45) is 4.16. The van der Waals surface area contributed by atoms with Gasteiger partial charge in [0.25, 0.3) is 0 Å². The fourth-order valence-corrected chi connectivity index (χ4v) is 2.66. The molecule has 0 amide bonds. The Labute approximate surface area is 100 Å². The zero-order chi connectivity index (χ0) is 12.0. The van der Waals surface area contributed by atoms with E-state index in [-0.39, 0.29) is 6.10 Å². The molecular formula is C13H28N2O. The SMILES string of the molecule is CCCNC1CC(CC(O)CC)CN(C)C1. The number of nitrogens with one attached hydrogen (secondary N) is 1. The van der Waals surface area contributed by atoms with Crippen LogP contribution >= 0.6 is 0 Å². The Balaban J connectivity index is 2.35. The summed E-state index contributed by atoms with van der Waals surface area (Å²) in [6.45, 7) is 7.67. The first-order valence-electron chi connectivity index (χ1n) is 6.75. The van der Waals surface area contributed by atoms with E-state index in [0.717, 1.165) is 32.5 Å². The standard InChI is InChI=1S/C13H28N2O/c1-4-6-14-12-7-11(8-13(16)5-2)9-15(3)10-12/h11-14,16H,4-10H2,1-3H3. The summed E-state index contributed by atoms with van der Waals surface area (Å²) >= 11 is 0. The normalized spacial score (nSPS) is 29.2. The van der Waals surface area contributed by atoms with E-state index < -0.39 is 0 Å². The maximum Gasteiger partial charge on any atom is 0.0540 e. The van der Waals surface area contributed by atoms with E-state index >= 15 is 0 Å². The first-order chi connectivity index (χ1) is 7.65. The van der Waals surface area contributed by atoms with E-state index in [0.29, 0.717) is 12.0 Å². The summed E-state index contributed by atoms with van der Waals surface area (Å²) in [6, 6.07) is 0.618. The lowest BCUT2D eigenvalue weighted by atomic mass is 9.89. The van der Waals surface area contributed by atoms with Crippen LogP contribution in [0.4, 0.5) is 0 Å². The summed E-state index contributed by atoms with van der Waals surface area (Å²) in [7, 11) is 2.19. The molecule has 1 aliphatic rings. The number of hydrogen-bond acceptors (Lipinski definition) is 3. The van der Waals surface area contributed by atoms with E-state index in [1.165, 1.54) is 12.8 Å². The number of likely N-dealkylation sites (tertiary alicyclic amines) is 1. The highest BCUT2D eigenvalue weighted by molar-refractivity contribution is 4.83. The summed E-state index contributed by atoms with van der Waals surface area (Å²) in [5, 5.41) is 13.3. The maximum absolute atomic E-state index is 9.72. The number of likely N-dealkylation sites (N-methyl/N-ethyl adjacent to an activating group) is 1. The van der Waals surface area contributed by atoms with Crippen molar-refractivity contribution >= 4 is 0 Å². The molecule has 3 unspecified atom stereocenters. The predicted octanol–water partition coefficient (Wildman–Crippen LogP) is 1.47. The van der Waals surface area contributed by atoms with Crippen LogP contribution in [0, 0.1) is 5.92 Å². The molecule has 0 aromatic heterocycles. The first kappa shape index (κ1) is 13.9. The van der Waals surface area contributed by atoms with Crippen molar-refractivity contribution < 1.29 is 5.11 Å². The molecule has 2 N–H and O–H groups in total. The van der Waals surface area contributed by atoms with Crippen molar-refractivity contribution in [1.29, 1.82) is 0 Å². The van der Waals surface area contributed by atoms with E-state index in [2.05, 4.69) is 31.1 Å². The minimum absolute atomic E-state index is 0.108. The maximum atomic E-state index is 9.72. The number of piperidine rings is 1. The van der Waals surface area contributed by atoms with Crippen LogP contribution in [0.25, 0.3) is 0 Å². The van der Waals surface area contributed by atoms with Crippen molar-refractivity contribution in [2.24, 2.45) is 5.92 Å². The van der Waals surface area contributed by atoms with Crippen molar-refractivity contribution in [1.82, 2.24) is 10.2 Å². The van der Waals surface area contributed by atoms with E-state index in [4.69, 9.17) is 0 Å². The number of hydrogen-bond donors (Lipinski definition) is 2. The van der Waals surface area contributed by atoms with Gasteiger partial charge in [-0.3, -0.25) is 0 Å². The average Bonchev–Trinajstić information content (AvgIpc) is 2.25. The zero-order valence-corrected chi connectivity index (χ0v) is 11.1. The van der Waals surface area contributed by atoms with Crippen LogP contribution in [0.15, 0.2) is 0 Å². The van der Waals surface area contributed by atoms with Gasteiger partial charge in [-0.2, -0.15) is 0 Å². The summed E-state index contributed by atoms with van der Waals surface area (Å²) in [5.74, 6) is 0.656. The second-order valence-electron chi connectivity index (χ2n) is 5.27. The molecule has 16 heavy (non-hydrogen) atoms. The van der Waals surface area contributed by atoms with Crippen LogP contribution in [-0.4, -0.2) is 48.8 Å². The molecule has 0 bridgehead atoms. The lowest BCUT2D eigenvalue weighted by molar-refractivity contribution is 0.0947. The van der Waals surface area contributed by atoms with Crippen molar-refractivity contribution in [3.63, 3.8) is 0 Å². The molecule has 0 aromatic carbocycles. The van der Waals surface area contributed by atoms with Crippen molar-refractivity contribution in [2.45, 2.75) is 51.7 Å². The zero-order valence-electron chi connectivity index (χ0n) is 11.1. The monoisotopic (exact) mass is 228 g/mol. The Bertz CT molecular complexity index is 187. The molecule has 1 heterocycles. The summed E-state index contributed by atoms with van der Waals surface area (Å²) < 4.78 is 0. The third-order valence-electron chi connectivity index (χ3n) is 3.48. The number of nitrogens with zero attached hydrogens (tertiary/aromatic N) is 1. The highest BCUT2D eigenvalue weighted by Gasteiger charge is 2.25. The van der Waals surface area contributed by atoms with Crippen LogP contribution in [0.2, 0.25) is 0 Å². The number of aliphatic hydroxyl groups is 1. The predicted molar refractivity (Wildman–Crippen MR) is 68.6 cm³/mol. The number of rotatable bonds is 6. The van der Waals surface area contributed by atoms with Gasteiger partial charge in [-0.05, 0) is 45.2 Å². The Morgan fingerprint density at radius 1 is 1.38 bits per heavy atom. The average molecular weight is 228 g/mol. The van der Waals surface area contributed by atoms with Crippen LogP contribution in [0.1, 0.15) is 39.5 Å². The molecule has 3 atom stereocenters. The minimum atomic E-state index is -0.108. The van der Waals surface area contributed by atoms with E-state index in [1.54, 1.807) is 0 Å². The van der Waals surface area contributed by atoms with Crippen LogP contribution in [0.3, 0.4) is 0 Å². The van der Waals surface area contributed by atoms with Crippen molar-refractivity contribution in [3.05, 3.63) is 0 Å². The van der Waals surface area contributed by atoms with Gasteiger partial charge in [-0.1, -0.05) is 13.8 Å². The fourth-order valence-electron chi connectivity index (χ4n) is 2.66. The second kappa shape index (κ2) is 7.25. The molecular weight excluding hydrogens is 200 g/mol. The molecule has 0 radical (unpaired) electrons. The second-order valence-corrected chi connectivity index (χ2v) is 5.27. The molecule has 0 saturated carbocycles. The van der Waals surface area contributed by atoms with Gasteiger partial charge in [0.2, 0.25) is 0 Å². The molecule has 0 aliphatic carbocycles. The van der Waals surface area contributed by atoms with E-state index in [9.17, 15) is 5.11 Å². The van der Waals surface area contributed by atoms with Gasteiger partial charge >= 0.3 is 0 Å². The van der Waals surface area contributed by atoms with Crippen LogP contribution in [0.5, 0.6) is 0 Å². The molecule has 1 fully saturated rings. The topological polar surface area (TPSA) is 35.5 Å². The van der Waals surface area contributed by atoms with Gasteiger partial charge in [0.1, 0.15) is 0 Å². The van der Waals surface area contributed by atoms with Crippen molar-refractivity contribution in [3.8, 4) is 0 Å². The smallest absolute Gasteiger partial charge is 0.0540 e. The molecule has 1 rings (SSSR count). The third-order valence-corrected chi connectivity index (χ3v) is 3.48. The lowest BCUT2D eigenvalue weighted by Crippen LogP contribution is -2.48. The Morgan fingerprint density at radius 2 is 2.12 bits per heavy atom. The highest BCUT2D eigenvalue weighted by atomic mass is 16.3. The minimum Gasteiger partial charge on any atom is -0.393 e. The van der Waals surface area contributed by atoms with Gasteiger partial charge in [0, 0.05) is 19.1 Å². The summed E-state index contributed by atoms with van der Waals surface area (Å²) in [5.41, 5.74) is 0. The highest BCUT2D eigenvalue weighted by Crippen LogP contribution is 2.21. The van der Waals surface area contributed by atoms with Gasteiger partial charge in [-0.25, -0.2) is 0 Å². The third kappa shape index (κ3) is 4.81. The fraction of sp³-hybridized carbons (Fsp3) is 1.00. The molecule has 1 aliphatic heterocycles. The van der Waals surface area contributed by atoms with Gasteiger partial charge in [-0.15, -0.1) is 0 Å². The lowest BCUT2D eigenvalue weighted by Gasteiger charge is -2.37. The molecule has 1 saturated heterocycles. The van der Waals surface area contributed by atoms with Crippen molar-refractivity contribution in [2.75, 3.05) is 26.7 Å². The van der Waals surface area contributed by atoms with E-state index in [1.807, 2.05) is 0 Å². The largest absolute Gasteiger partial charge is 0.393 e. The Kier molecular flexibility index (Phi) is 6.32. The number of aliphatic hydroxyl groups excluding tert-OH is 1. The molecule has 3 heteroatoms. The molecule has 96 valence electrons. The molecule has 0 aromatic rings. The van der Waals surface area contributed by atoms with Gasteiger partial charge in [0.05, 0.1) is 6.10 Å². The first-order valence-corrected chi connectivity index (χ1v) is 6.75. The Hall–Kier alpha value is -0.120. The van der Waals surface area contributed by atoms with Crippen LogP contribution in [-0.2, 0) is 0 Å². The Morgan fingerprint density at radius 3 is 2.75 bits per heavy atom. The molecule has 0 spiro atoms. The van der Waals surface area contributed by atoms with Crippen LogP contribution < -0.4 is 5.32 Å². The molecule has 3 nitrogen and oxygen atoms in total. The van der Waals surface area contributed by atoms with Gasteiger partial charge in [0.15, 0.2) is 0 Å².